The number of carbonyl (C=O) groups is 3. The second-order valence-electron chi connectivity index (χ2n) is 9.58. The van der Waals surface area contributed by atoms with Crippen LogP contribution < -0.4 is 24.4 Å². The molecule has 1 N–H and O–H groups in total. The predicted octanol–water partition coefficient (Wildman–Crippen LogP) is 5.82. The SMILES string of the molecule is CCOc1cc(/C=C2\C(=O)NC(=O)N(c3ccc(OCc4ccccc4)cc3)C2=O)ccc1OCc1ccc([N+](=O)[O-])cc1. The topological polar surface area (TPSA) is 137 Å². The van der Waals surface area contributed by atoms with E-state index in [-0.39, 0.29) is 23.6 Å². The number of imide groups is 2. The van der Waals surface area contributed by atoms with Gasteiger partial charge in [0.05, 0.1) is 17.2 Å². The van der Waals surface area contributed by atoms with Crippen molar-refractivity contribution >= 4 is 35.3 Å². The Morgan fingerprint density at radius 2 is 1.48 bits per heavy atom. The second kappa shape index (κ2) is 13.3. The number of amides is 4. The van der Waals surface area contributed by atoms with Crippen LogP contribution in [-0.2, 0) is 22.8 Å². The van der Waals surface area contributed by atoms with Crippen molar-refractivity contribution in [1.29, 1.82) is 0 Å². The standard InChI is InChI=1S/C33H27N3O8/c1-2-42-30-19-24(10-17-29(30)44-21-23-8-11-26(12-9-23)36(40)41)18-28-31(37)34-33(39)35(32(28)38)25-13-15-27(16-14-25)43-20-22-6-4-3-5-7-22/h3-19H,2,20-21H2,1H3,(H,34,37,39)/b28-18+. The highest BCUT2D eigenvalue weighted by molar-refractivity contribution is 6.39. The van der Waals surface area contributed by atoms with Crippen molar-refractivity contribution in [2.24, 2.45) is 0 Å². The number of rotatable bonds is 11. The van der Waals surface area contributed by atoms with Crippen LogP contribution >= 0.6 is 0 Å². The fourth-order valence-electron chi connectivity index (χ4n) is 4.37. The van der Waals surface area contributed by atoms with Crippen LogP contribution in [-0.4, -0.2) is 29.4 Å². The van der Waals surface area contributed by atoms with E-state index in [0.29, 0.717) is 41.6 Å². The monoisotopic (exact) mass is 593 g/mol. The maximum atomic E-state index is 13.4. The fraction of sp³-hybridized carbons (Fsp3) is 0.121. The van der Waals surface area contributed by atoms with Gasteiger partial charge in [-0.3, -0.25) is 25.0 Å². The average molecular weight is 594 g/mol. The minimum absolute atomic E-state index is 0.0208. The normalized spacial score (nSPS) is 13.9. The minimum atomic E-state index is -0.861. The van der Waals surface area contributed by atoms with Gasteiger partial charge >= 0.3 is 6.03 Å². The molecule has 5 rings (SSSR count). The van der Waals surface area contributed by atoms with Gasteiger partial charge in [-0.2, -0.15) is 0 Å². The highest BCUT2D eigenvalue weighted by Crippen LogP contribution is 2.31. The number of nitrogens with zero attached hydrogens (tertiary/aromatic N) is 2. The van der Waals surface area contributed by atoms with E-state index in [2.05, 4.69) is 5.32 Å². The van der Waals surface area contributed by atoms with E-state index in [1.54, 1.807) is 61.5 Å². The number of hydrogen-bond acceptors (Lipinski definition) is 8. The molecule has 0 radical (unpaired) electrons. The summed E-state index contributed by atoms with van der Waals surface area (Å²) in [5, 5.41) is 13.1. The predicted molar refractivity (Wildman–Crippen MR) is 161 cm³/mol. The third kappa shape index (κ3) is 6.90. The van der Waals surface area contributed by atoms with E-state index in [1.165, 1.54) is 18.2 Å². The molecule has 0 bridgehead atoms. The second-order valence-corrected chi connectivity index (χ2v) is 9.58. The number of urea groups is 1. The Morgan fingerprint density at radius 1 is 0.795 bits per heavy atom. The summed E-state index contributed by atoms with van der Waals surface area (Å²) in [6.07, 6.45) is 1.37. The van der Waals surface area contributed by atoms with E-state index >= 15 is 0 Å². The number of ether oxygens (including phenoxy) is 3. The Kier molecular flexibility index (Phi) is 8.95. The summed E-state index contributed by atoms with van der Waals surface area (Å²) in [5.41, 5.74) is 2.18. The summed E-state index contributed by atoms with van der Waals surface area (Å²) in [5.74, 6) is -0.290. The van der Waals surface area contributed by atoms with E-state index in [0.717, 1.165) is 10.5 Å². The average Bonchev–Trinajstić information content (AvgIpc) is 3.03. The summed E-state index contributed by atoms with van der Waals surface area (Å²) >= 11 is 0. The van der Waals surface area contributed by atoms with Crippen LogP contribution in [0.15, 0.2) is 103 Å². The van der Waals surface area contributed by atoms with Crippen molar-refractivity contribution in [2.45, 2.75) is 20.1 Å². The van der Waals surface area contributed by atoms with Gasteiger partial charge in [-0.1, -0.05) is 36.4 Å². The van der Waals surface area contributed by atoms with Crippen LogP contribution in [0.4, 0.5) is 16.2 Å². The molecule has 44 heavy (non-hydrogen) atoms. The lowest BCUT2D eigenvalue weighted by atomic mass is 10.1. The number of nitrogens with one attached hydrogen (secondary N) is 1. The van der Waals surface area contributed by atoms with Gasteiger partial charge in [0.2, 0.25) is 0 Å². The summed E-state index contributed by atoms with van der Waals surface area (Å²) in [6.45, 7) is 2.60. The van der Waals surface area contributed by atoms with Crippen LogP contribution in [0.25, 0.3) is 6.08 Å². The lowest BCUT2D eigenvalue weighted by molar-refractivity contribution is -0.384. The van der Waals surface area contributed by atoms with Gasteiger partial charge in [-0.15, -0.1) is 0 Å². The van der Waals surface area contributed by atoms with Gasteiger partial charge in [-0.25, -0.2) is 9.69 Å². The van der Waals surface area contributed by atoms with Crippen molar-refractivity contribution in [3.05, 3.63) is 129 Å². The summed E-state index contributed by atoms with van der Waals surface area (Å²) in [6, 6.07) is 26.1. The lowest BCUT2D eigenvalue weighted by Crippen LogP contribution is -2.54. The van der Waals surface area contributed by atoms with E-state index in [4.69, 9.17) is 14.2 Å². The molecule has 1 saturated heterocycles. The maximum Gasteiger partial charge on any atom is 0.335 e. The Balaban J connectivity index is 1.31. The number of anilines is 1. The first kappa shape index (κ1) is 29.5. The fourth-order valence-corrected chi connectivity index (χ4v) is 4.37. The zero-order valence-corrected chi connectivity index (χ0v) is 23.6. The molecule has 1 fully saturated rings. The highest BCUT2D eigenvalue weighted by atomic mass is 16.6. The van der Waals surface area contributed by atoms with Gasteiger partial charge < -0.3 is 14.2 Å². The largest absolute Gasteiger partial charge is 0.490 e. The quantitative estimate of drug-likeness (QED) is 0.0994. The first-order valence-corrected chi connectivity index (χ1v) is 13.6. The van der Waals surface area contributed by atoms with Gasteiger partial charge in [0.15, 0.2) is 11.5 Å². The molecule has 0 aliphatic carbocycles. The van der Waals surface area contributed by atoms with Gasteiger partial charge in [0, 0.05) is 12.1 Å². The Labute approximate surface area is 252 Å². The van der Waals surface area contributed by atoms with Gasteiger partial charge in [-0.05, 0) is 78.2 Å². The summed E-state index contributed by atoms with van der Waals surface area (Å²) in [7, 11) is 0. The lowest BCUT2D eigenvalue weighted by Gasteiger charge is -2.26. The number of non-ortho nitro benzene ring substituents is 1. The molecule has 0 saturated carbocycles. The number of carbonyl (C=O) groups excluding carboxylic acids is 3. The number of nitro groups is 1. The molecule has 0 atom stereocenters. The Hall–Kier alpha value is -5.97. The van der Waals surface area contributed by atoms with Gasteiger partial charge in [0.1, 0.15) is 24.5 Å². The third-order valence-corrected chi connectivity index (χ3v) is 6.57. The number of barbiturate groups is 1. The van der Waals surface area contributed by atoms with Crippen LogP contribution in [0.3, 0.4) is 0 Å². The third-order valence-electron chi connectivity index (χ3n) is 6.57. The molecule has 0 aromatic heterocycles. The number of benzene rings is 4. The molecular formula is C33H27N3O8. The molecule has 11 heteroatoms. The van der Waals surface area contributed by atoms with Crippen molar-refractivity contribution in [3.8, 4) is 17.2 Å². The Morgan fingerprint density at radius 3 is 2.16 bits per heavy atom. The maximum absolute atomic E-state index is 13.4. The van der Waals surface area contributed by atoms with Crippen LogP contribution in [0, 0.1) is 10.1 Å². The van der Waals surface area contributed by atoms with Crippen molar-refractivity contribution in [1.82, 2.24) is 5.32 Å². The van der Waals surface area contributed by atoms with Crippen LogP contribution in [0.1, 0.15) is 23.6 Å². The number of nitro benzene ring substituents is 1. The Bertz CT molecular complexity index is 1720. The summed E-state index contributed by atoms with van der Waals surface area (Å²) < 4.78 is 17.4. The first-order valence-electron chi connectivity index (χ1n) is 13.6. The van der Waals surface area contributed by atoms with E-state index in [9.17, 15) is 24.5 Å². The molecule has 0 spiro atoms. The molecule has 4 amide bonds. The minimum Gasteiger partial charge on any atom is -0.490 e. The summed E-state index contributed by atoms with van der Waals surface area (Å²) in [4.78, 5) is 50.1. The van der Waals surface area contributed by atoms with Crippen molar-refractivity contribution in [3.63, 3.8) is 0 Å². The molecule has 222 valence electrons. The van der Waals surface area contributed by atoms with Crippen LogP contribution in [0.2, 0.25) is 0 Å². The molecule has 4 aromatic carbocycles. The molecule has 4 aromatic rings. The molecule has 1 aliphatic rings. The zero-order chi connectivity index (χ0) is 31.1. The number of hydrogen-bond donors (Lipinski definition) is 1. The highest BCUT2D eigenvalue weighted by Gasteiger charge is 2.36. The molecule has 1 heterocycles. The van der Waals surface area contributed by atoms with E-state index in [1.807, 2.05) is 30.3 Å². The molecule has 11 nitrogen and oxygen atoms in total. The smallest absolute Gasteiger partial charge is 0.335 e. The molecular weight excluding hydrogens is 566 g/mol. The molecule has 1 aliphatic heterocycles. The van der Waals surface area contributed by atoms with Crippen molar-refractivity contribution < 1.29 is 33.5 Å². The van der Waals surface area contributed by atoms with Crippen molar-refractivity contribution in [2.75, 3.05) is 11.5 Å². The molecule has 0 unspecified atom stereocenters. The van der Waals surface area contributed by atoms with Gasteiger partial charge in [0.25, 0.3) is 17.5 Å². The van der Waals surface area contributed by atoms with E-state index < -0.39 is 22.8 Å². The zero-order valence-electron chi connectivity index (χ0n) is 23.6. The first-order chi connectivity index (χ1) is 21.3. The van der Waals surface area contributed by atoms with Crippen LogP contribution in [0.5, 0.6) is 17.2 Å².